The zero-order chi connectivity index (χ0) is 4.71. The minimum absolute atomic E-state index is 0. The molecule has 0 saturated heterocycles. The third-order valence-electron chi connectivity index (χ3n) is 0. The zero-order valence-electron chi connectivity index (χ0n) is 2.92. The molecule has 5 heteroatoms. The van der Waals surface area contributed by atoms with Crippen LogP contribution in [-0.2, 0) is 33.7 Å². The number of thiocyanates is 1. The van der Waals surface area contributed by atoms with Crippen LogP contribution in [0.2, 0.25) is 0 Å². The first-order valence-electron chi connectivity index (χ1n) is 0.610. The number of nitriles is 1. The predicted octanol–water partition coefficient (Wildman–Crippen LogP) is 0.0551. The summed E-state index contributed by atoms with van der Waals surface area (Å²) in [6, 6.07) is 0. The first kappa shape index (κ1) is 16.6. The van der Waals surface area contributed by atoms with Crippen molar-refractivity contribution in [3.05, 3.63) is 0 Å². The fourth-order valence-electron chi connectivity index (χ4n) is 0. The van der Waals surface area contributed by atoms with Crippen molar-refractivity contribution in [1.29, 1.82) is 5.26 Å². The first-order valence-corrected chi connectivity index (χ1v) is 1.59. The maximum atomic E-state index is 8.19. The van der Waals surface area contributed by atoms with E-state index < -0.39 is 0 Å². The number of nitrogens with zero attached hydrogens (tertiary/aromatic N) is 1. The summed E-state index contributed by atoms with van der Waals surface area (Å²) in [5, 5.41) is 8.47. The fraction of sp³-hybridized carbons (Fsp3) is 0. The Morgan fingerprint density at radius 3 is 1.67 bits per heavy atom. The Bertz CT molecular complexity index is 43.3. The van der Waals surface area contributed by atoms with Crippen LogP contribution in [-0.4, -0.2) is 0 Å². The summed E-state index contributed by atoms with van der Waals surface area (Å²) in [7, 11) is 0. The van der Waals surface area contributed by atoms with Crippen LogP contribution >= 0.6 is 0 Å². The fourth-order valence-corrected chi connectivity index (χ4v) is 0. The van der Waals surface area contributed by atoms with Crippen molar-refractivity contribution in [2.24, 2.45) is 0 Å². The molecule has 0 spiro atoms. The normalized spacial score (nSPS) is 1.67. The number of hydrogen-bond acceptors (Lipinski definition) is 4. The van der Waals surface area contributed by atoms with Gasteiger partial charge in [-0.1, -0.05) is 5.40 Å². The second-order valence-corrected chi connectivity index (χ2v) is 0.274. The molecule has 0 rings (SSSR count). The summed E-state index contributed by atoms with van der Waals surface area (Å²) >= 11 is 4.76. The Hall–Kier alpha value is 0.0544. The molecular weight excluding hydrogens is 139 g/mol. The molecule has 0 aromatic carbocycles. The Morgan fingerprint density at radius 1 is 1.67 bits per heavy atom. The molecule has 0 bridgehead atoms. The van der Waals surface area contributed by atoms with Gasteiger partial charge in [0.05, 0.1) is 0 Å². The molecule has 0 unspecified atom stereocenters. The molecule has 0 radical (unpaired) electrons. The first-order chi connectivity index (χ1) is 2.41. The predicted molar refractivity (Wildman–Crippen MR) is 18.7 cm³/mol. The number of hydrogen-bond donors (Lipinski definition) is 1. The van der Waals surface area contributed by atoms with E-state index in [0.717, 1.165) is 17.4 Å². The molecule has 3 N–H and O–H groups in total. The third-order valence-corrected chi connectivity index (χ3v) is 0. The van der Waals surface area contributed by atoms with Gasteiger partial charge < -0.3 is 18.8 Å². The van der Waals surface area contributed by atoms with Gasteiger partial charge in [0.15, 0.2) is 0 Å². The Morgan fingerprint density at radius 2 is 1.67 bits per heavy atom. The molecule has 0 atom stereocenters. The van der Waals surface area contributed by atoms with E-state index in [2.05, 4.69) is 12.6 Å². The van der Waals surface area contributed by atoms with Gasteiger partial charge in [-0.25, -0.2) is 5.26 Å². The van der Waals surface area contributed by atoms with Gasteiger partial charge in [0.25, 0.3) is 0 Å². The van der Waals surface area contributed by atoms with Crippen molar-refractivity contribution in [3.8, 4) is 5.40 Å². The molecule has 0 aliphatic heterocycles. The molecule has 3 nitrogen and oxygen atoms in total. The molecule has 0 fully saturated rings. The summed E-state index contributed by atoms with van der Waals surface area (Å²) in [5.74, 6) is 0. The summed E-state index contributed by atoms with van der Waals surface area (Å²) < 4.78 is 8.19. The molecule has 0 aromatic rings. The van der Waals surface area contributed by atoms with E-state index >= 15 is 0 Å². The molecule has 0 amide bonds. The SMILES string of the molecule is N.N#C[S-].[O]=[V]. The topological polar surface area (TPSA) is 75.9 Å². The van der Waals surface area contributed by atoms with Crippen molar-refractivity contribution >= 4 is 12.6 Å². The zero-order valence-corrected chi connectivity index (χ0v) is 5.13. The molecule has 0 heterocycles. The molecule has 0 aliphatic rings. The third kappa shape index (κ3) is 12800. The van der Waals surface area contributed by atoms with Gasteiger partial charge in [-0.3, -0.25) is 0 Å². The Kier molecular flexibility index (Phi) is 206. The van der Waals surface area contributed by atoms with Gasteiger partial charge in [0, 0.05) is 0 Å². The minimum atomic E-state index is 0. The van der Waals surface area contributed by atoms with Crippen LogP contribution in [0.15, 0.2) is 0 Å². The van der Waals surface area contributed by atoms with Crippen molar-refractivity contribution in [1.82, 2.24) is 6.15 Å². The molecule has 0 aromatic heterocycles. The average Bonchev–Trinajstić information content (AvgIpc) is 1.46. The van der Waals surface area contributed by atoms with E-state index in [1.54, 1.807) is 0 Å². The molecular formula is CH3N2OSV-. The van der Waals surface area contributed by atoms with E-state index in [9.17, 15) is 0 Å². The quantitative estimate of drug-likeness (QED) is 0.383. The average molecular weight is 142 g/mol. The van der Waals surface area contributed by atoms with Crippen molar-refractivity contribution in [3.63, 3.8) is 0 Å². The van der Waals surface area contributed by atoms with Crippen LogP contribution in [0.4, 0.5) is 0 Å². The van der Waals surface area contributed by atoms with E-state index in [1.807, 2.05) is 0 Å². The van der Waals surface area contributed by atoms with Gasteiger partial charge in [0.2, 0.25) is 0 Å². The molecule has 0 saturated carbocycles. The summed E-state index contributed by atoms with van der Waals surface area (Å²) in [6.07, 6.45) is 0. The summed E-state index contributed by atoms with van der Waals surface area (Å²) in [5.41, 5.74) is 0. The Labute approximate surface area is 50.9 Å². The van der Waals surface area contributed by atoms with Crippen LogP contribution in [0.3, 0.4) is 0 Å². The second kappa shape index (κ2) is 74.7. The van der Waals surface area contributed by atoms with Crippen LogP contribution in [0.5, 0.6) is 0 Å². The van der Waals surface area contributed by atoms with Crippen LogP contribution in [0.1, 0.15) is 0 Å². The number of rotatable bonds is 0. The summed E-state index contributed by atoms with van der Waals surface area (Å²) in [6.45, 7) is 0. The van der Waals surface area contributed by atoms with Gasteiger partial charge >= 0.3 is 21.0 Å². The van der Waals surface area contributed by atoms with Gasteiger partial charge in [-0.2, -0.15) is 0 Å². The van der Waals surface area contributed by atoms with Crippen LogP contribution in [0.25, 0.3) is 0 Å². The summed E-state index contributed by atoms with van der Waals surface area (Å²) in [4.78, 5) is 0. The maximum absolute atomic E-state index is 8.19. The molecule has 0 aliphatic carbocycles. The monoisotopic (exact) mass is 142 g/mol. The standard InChI is InChI=1S/CHNS.H3N.O.V/c2-1-3;;;/h3H;1H3;;/p-1. The van der Waals surface area contributed by atoms with Crippen LogP contribution < -0.4 is 6.15 Å². The van der Waals surface area contributed by atoms with E-state index in [-0.39, 0.29) is 6.15 Å². The molecule has 35 valence electrons. The van der Waals surface area contributed by atoms with E-state index in [4.69, 9.17) is 8.94 Å². The Balaban J connectivity index is -0.0000000275. The van der Waals surface area contributed by atoms with Gasteiger partial charge in [0.1, 0.15) is 0 Å². The molecule has 6 heavy (non-hydrogen) atoms. The van der Waals surface area contributed by atoms with E-state index in [0.29, 0.717) is 0 Å². The van der Waals surface area contributed by atoms with Gasteiger partial charge in [-0.05, 0) is 0 Å². The van der Waals surface area contributed by atoms with Crippen molar-refractivity contribution < 1.29 is 21.0 Å². The van der Waals surface area contributed by atoms with E-state index in [1.165, 1.54) is 5.40 Å². The second-order valence-electron chi connectivity index (χ2n) is 0.0913. The van der Waals surface area contributed by atoms with Gasteiger partial charge in [-0.15, -0.1) is 0 Å². The van der Waals surface area contributed by atoms with Crippen LogP contribution in [0, 0.1) is 10.7 Å². The van der Waals surface area contributed by atoms with Crippen molar-refractivity contribution in [2.45, 2.75) is 0 Å². The van der Waals surface area contributed by atoms with Crippen molar-refractivity contribution in [2.75, 3.05) is 0 Å².